The summed E-state index contributed by atoms with van der Waals surface area (Å²) in [6, 6.07) is 17.5. The van der Waals surface area contributed by atoms with E-state index in [-0.39, 0.29) is 23.4 Å². The number of nitrogens with one attached hydrogen (secondary N) is 1. The minimum Gasteiger partial charge on any atom is -0.368 e. The van der Waals surface area contributed by atoms with E-state index in [9.17, 15) is 9.59 Å². The monoisotopic (exact) mass is 597 g/mol. The zero-order valence-electron chi connectivity index (χ0n) is 21.8. The standard InChI is InChI=1S/C28H29Cl2N7O2S/c29-19-4-3-5-21(16-19)34-12-14-35(15-13-34)25-17-24(30)32-27(33-25)40-18-26(38)36-10-8-20(9-11-36)37-23-7-2-1-6-22(23)31-28(37)39/h1-7,16-17,20H,8-15,18H2,(H,31,39). The molecule has 208 valence electrons. The van der Waals surface area contributed by atoms with Crippen LogP contribution in [0.5, 0.6) is 0 Å². The number of halogens is 2. The predicted molar refractivity (Wildman–Crippen MR) is 161 cm³/mol. The Morgan fingerprint density at radius 2 is 1.68 bits per heavy atom. The molecule has 0 unspecified atom stereocenters. The summed E-state index contributed by atoms with van der Waals surface area (Å²) in [5.41, 5.74) is 2.76. The highest BCUT2D eigenvalue weighted by Crippen LogP contribution is 2.28. The van der Waals surface area contributed by atoms with Gasteiger partial charge in [-0.05, 0) is 43.2 Å². The fraction of sp³-hybridized carbons (Fsp3) is 0.357. The van der Waals surface area contributed by atoms with Crippen molar-refractivity contribution in [3.05, 3.63) is 75.3 Å². The van der Waals surface area contributed by atoms with E-state index in [1.54, 1.807) is 6.07 Å². The second kappa shape index (κ2) is 11.7. The predicted octanol–water partition coefficient (Wildman–Crippen LogP) is 4.71. The molecule has 4 heterocycles. The number of piperidine rings is 1. The molecule has 2 aromatic carbocycles. The van der Waals surface area contributed by atoms with E-state index in [2.05, 4.69) is 25.8 Å². The van der Waals surface area contributed by atoms with Gasteiger partial charge >= 0.3 is 5.69 Å². The number of amides is 1. The number of benzene rings is 2. The minimum absolute atomic E-state index is 0.0370. The number of thioether (sulfide) groups is 1. The van der Waals surface area contributed by atoms with Crippen molar-refractivity contribution >= 4 is 63.4 Å². The quantitative estimate of drug-likeness (QED) is 0.195. The molecule has 1 amide bonds. The van der Waals surface area contributed by atoms with Crippen LogP contribution in [0, 0.1) is 0 Å². The van der Waals surface area contributed by atoms with Crippen LogP contribution in [0.2, 0.25) is 10.2 Å². The van der Waals surface area contributed by atoms with Gasteiger partial charge in [0.25, 0.3) is 0 Å². The highest BCUT2D eigenvalue weighted by Gasteiger charge is 2.26. The summed E-state index contributed by atoms with van der Waals surface area (Å²) in [5, 5.41) is 1.59. The lowest BCUT2D eigenvalue weighted by Crippen LogP contribution is -2.46. The lowest BCUT2D eigenvalue weighted by molar-refractivity contribution is -0.129. The van der Waals surface area contributed by atoms with E-state index in [4.69, 9.17) is 28.2 Å². The van der Waals surface area contributed by atoms with Crippen molar-refractivity contribution in [1.82, 2.24) is 24.4 Å². The van der Waals surface area contributed by atoms with Gasteiger partial charge in [-0.1, -0.05) is 53.2 Å². The summed E-state index contributed by atoms with van der Waals surface area (Å²) >= 11 is 13.8. The smallest absolute Gasteiger partial charge is 0.326 e. The van der Waals surface area contributed by atoms with E-state index in [0.29, 0.717) is 23.4 Å². The summed E-state index contributed by atoms with van der Waals surface area (Å²) in [6.07, 6.45) is 1.47. The van der Waals surface area contributed by atoms with Crippen LogP contribution in [0.1, 0.15) is 18.9 Å². The van der Waals surface area contributed by atoms with Crippen LogP contribution in [0.15, 0.2) is 64.5 Å². The molecular formula is C28H29Cl2N7O2S. The molecule has 0 aliphatic carbocycles. The first kappa shape index (κ1) is 27.0. The maximum Gasteiger partial charge on any atom is 0.326 e. The molecule has 2 aromatic heterocycles. The highest BCUT2D eigenvalue weighted by molar-refractivity contribution is 7.99. The Labute approximate surface area is 246 Å². The molecule has 2 aliphatic rings. The summed E-state index contributed by atoms with van der Waals surface area (Å²) in [4.78, 5) is 43.9. The molecule has 1 N–H and O–H groups in total. The van der Waals surface area contributed by atoms with Crippen molar-refractivity contribution in [3.63, 3.8) is 0 Å². The van der Waals surface area contributed by atoms with Crippen molar-refractivity contribution in [2.75, 3.05) is 54.8 Å². The van der Waals surface area contributed by atoms with Gasteiger partial charge in [-0.15, -0.1) is 0 Å². The maximum atomic E-state index is 13.0. The van der Waals surface area contributed by atoms with Crippen molar-refractivity contribution in [1.29, 1.82) is 0 Å². The van der Waals surface area contributed by atoms with Gasteiger partial charge in [-0.25, -0.2) is 14.8 Å². The Hall–Kier alpha value is -3.21. The van der Waals surface area contributed by atoms with E-state index in [1.165, 1.54) is 11.8 Å². The Bertz CT molecular complexity index is 1580. The van der Waals surface area contributed by atoms with E-state index < -0.39 is 0 Å². The lowest BCUT2D eigenvalue weighted by Gasteiger charge is -2.36. The van der Waals surface area contributed by atoms with E-state index >= 15 is 0 Å². The topological polar surface area (TPSA) is 90.4 Å². The minimum atomic E-state index is -0.0960. The number of nitrogens with zero attached hydrogens (tertiary/aromatic N) is 6. The van der Waals surface area contributed by atoms with Crippen LogP contribution in [-0.4, -0.2) is 75.3 Å². The summed E-state index contributed by atoms with van der Waals surface area (Å²) in [7, 11) is 0. The first-order valence-electron chi connectivity index (χ1n) is 13.3. The molecule has 2 aliphatic heterocycles. The normalized spacial score (nSPS) is 16.6. The number of fused-ring (bicyclic) bond motifs is 1. The van der Waals surface area contributed by atoms with Crippen molar-refractivity contribution in [2.24, 2.45) is 0 Å². The number of rotatable bonds is 6. The molecule has 4 aromatic rings. The SMILES string of the molecule is O=C(CSc1nc(Cl)cc(N2CCN(c3cccc(Cl)c3)CC2)n1)N1CCC(n2c(=O)[nH]c3ccccc32)CC1. The molecule has 6 rings (SSSR count). The number of anilines is 2. The van der Waals surface area contributed by atoms with Gasteiger partial charge in [0.1, 0.15) is 11.0 Å². The molecule has 2 fully saturated rings. The molecule has 0 atom stereocenters. The van der Waals surface area contributed by atoms with Crippen molar-refractivity contribution in [2.45, 2.75) is 24.0 Å². The number of aromatic amines is 1. The second-order valence-electron chi connectivity index (χ2n) is 10.0. The highest BCUT2D eigenvalue weighted by atomic mass is 35.5. The van der Waals surface area contributed by atoms with E-state index in [1.807, 2.05) is 51.9 Å². The zero-order chi connectivity index (χ0) is 27.6. The molecule has 9 nitrogen and oxygen atoms in total. The number of hydrogen-bond acceptors (Lipinski definition) is 7. The number of imidazole rings is 1. The Morgan fingerprint density at radius 1 is 0.925 bits per heavy atom. The number of likely N-dealkylation sites (tertiary alicyclic amines) is 1. The molecule has 0 radical (unpaired) electrons. The molecule has 2 saturated heterocycles. The summed E-state index contributed by atoms with van der Waals surface area (Å²) in [6.45, 7) is 4.46. The molecule has 40 heavy (non-hydrogen) atoms. The summed E-state index contributed by atoms with van der Waals surface area (Å²) < 4.78 is 1.84. The van der Waals surface area contributed by atoms with E-state index in [0.717, 1.165) is 66.6 Å². The number of carbonyl (C=O) groups is 1. The van der Waals surface area contributed by atoms with Gasteiger partial charge in [0, 0.05) is 62.1 Å². The van der Waals surface area contributed by atoms with Crippen LogP contribution in [0.3, 0.4) is 0 Å². The van der Waals surface area contributed by atoms with Gasteiger partial charge in [0.15, 0.2) is 5.16 Å². The van der Waals surface area contributed by atoms with Crippen molar-refractivity contribution < 1.29 is 4.79 Å². The second-order valence-corrected chi connectivity index (χ2v) is 11.8. The van der Waals surface area contributed by atoms with Crippen LogP contribution in [0.4, 0.5) is 11.5 Å². The fourth-order valence-electron chi connectivity index (χ4n) is 5.51. The average molecular weight is 599 g/mol. The number of hydrogen-bond donors (Lipinski definition) is 1. The number of H-pyrrole nitrogens is 1. The number of piperazine rings is 1. The largest absolute Gasteiger partial charge is 0.368 e. The van der Waals surface area contributed by atoms with Gasteiger partial charge in [0.05, 0.1) is 16.8 Å². The van der Waals surface area contributed by atoms with Gasteiger partial charge in [-0.2, -0.15) is 0 Å². The molecular weight excluding hydrogens is 569 g/mol. The first-order chi connectivity index (χ1) is 19.4. The summed E-state index contributed by atoms with van der Waals surface area (Å²) in [5.74, 6) is 1.04. The van der Waals surface area contributed by atoms with Crippen LogP contribution >= 0.6 is 35.0 Å². The Balaban J connectivity index is 1.03. The number of aromatic nitrogens is 4. The maximum absolute atomic E-state index is 13.0. The molecule has 12 heteroatoms. The fourth-order valence-corrected chi connectivity index (χ4v) is 6.67. The number of para-hydroxylation sites is 2. The van der Waals surface area contributed by atoms with Gasteiger partial charge < -0.3 is 19.7 Å². The van der Waals surface area contributed by atoms with Crippen LogP contribution in [0.25, 0.3) is 11.0 Å². The van der Waals surface area contributed by atoms with Crippen molar-refractivity contribution in [3.8, 4) is 0 Å². The van der Waals surface area contributed by atoms with Crippen LogP contribution in [-0.2, 0) is 4.79 Å². The lowest BCUT2D eigenvalue weighted by atomic mass is 10.0. The third-order valence-electron chi connectivity index (χ3n) is 7.57. The average Bonchev–Trinajstić information content (AvgIpc) is 3.31. The third-order valence-corrected chi connectivity index (χ3v) is 8.83. The third kappa shape index (κ3) is 5.80. The zero-order valence-corrected chi connectivity index (χ0v) is 24.1. The number of carbonyl (C=O) groups excluding carboxylic acids is 1. The van der Waals surface area contributed by atoms with Crippen LogP contribution < -0.4 is 15.5 Å². The first-order valence-corrected chi connectivity index (χ1v) is 15.1. The molecule has 0 bridgehead atoms. The van der Waals surface area contributed by atoms with Gasteiger partial charge in [-0.3, -0.25) is 9.36 Å². The Morgan fingerprint density at radius 3 is 2.45 bits per heavy atom. The molecule has 0 saturated carbocycles. The Kier molecular flexibility index (Phi) is 7.91. The molecule has 0 spiro atoms. The van der Waals surface area contributed by atoms with Gasteiger partial charge in [0.2, 0.25) is 5.91 Å².